The molecule has 1 heterocycles. The summed E-state index contributed by atoms with van der Waals surface area (Å²) in [6.45, 7) is -0.127. The largest absolute Gasteiger partial charge is 0.484 e. The second-order valence-electron chi connectivity index (χ2n) is 5.30. The van der Waals surface area contributed by atoms with Gasteiger partial charge in [0.05, 0.1) is 4.88 Å². The Morgan fingerprint density at radius 3 is 2.50 bits per heavy atom. The number of carbonyl (C=O) groups is 2. The van der Waals surface area contributed by atoms with Crippen molar-refractivity contribution in [3.05, 3.63) is 75.4 Å². The molecule has 0 spiro atoms. The first-order chi connectivity index (χ1) is 12.6. The molecular formula is C19H15BrN2O3S. The van der Waals surface area contributed by atoms with Crippen LogP contribution in [0.3, 0.4) is 0 Å². The standard InChI is InChI=1S/C19H15BrN2O3S/c20-13-6-8-14(9-7-13)21-18(23)12-25-16-4-1-3-15(11-16)22-19(24)17-5-2-10-26-17/h1-11H,12H2,(H,21,23)(H,22,24). The highest BCUT2D eigenvalue weighted by molar-refractivity contribution is 9.10. The number of anilines is 2. The predicted molar refractivity (Wildman–Crippen MR) is 107 cm³/mol. The lowest BCUT2D eigenvalue weighted by molar-refractivity contribution is -0.118. The summed E-state index contributed by atoms with van der Waals surface area (Å²) in [5.74, 6) is 0.0606. The average Bonchev–Trinajstić information content (AvgIpc) is 3.17. The summed E-state index contributed by atoms with van der Waals surface area (Å²) >= 11 is 4.71. The molecule has 3 aromatic rings. The number of thiophene rings is 1. The zero-order chi connectivity index (χ0) is 18.4. The zero-order valence-corrected chi connectivity index (χ0v) is 16.0. The van der Waals surface area contributed by atoms with Crippen molar-refractivity contribution in [2.75, 3.05) is 17.2 Å². The van der Waals surface area contributed by atoms with Gasteiger partial charge in [-0.05, 0) is 47.8 Å². The molecule has 0 saturated carbocycles. The van der Waals surface area contributed by atoms with E-state index in [1.807, 2.05) is 23.6 Å². The van der Waals surface area contributed by atoms with Gasteiger partial charge in [0.1, 0.15) is 5.75 Å². The summed E-state index contributed by atoms with van der Waals surface area (Å²) in [5, 5.41) is 7.40. The summed E-state index contributed by atoms with van der Waals surface area (Å²) in [6, 6.07) is 17.8. The Morgan fingerprint density at radius 1 is 0.962 bits per heavy atom. The van der Waals surface area contributed by atoms with Crippen LogP contribution in [0.2, 0.25) is 0 Å². The first kappa shape index (κ1) is 18.2. The van der Waals surface area contributed by atoms with E-state index < -0.39 is 0 Å². The van der Waals surface area contributed by atoms with Gasteiger partial charge in [-0.1, -0.05) is 28.1 Å². The molecule has 26 heavy (non-hydrogen) atoms. The lowest BCUT2D eigenvalue weighted by atomic mass is 10.3. The highest BCUT2D eigenvalue weighted by Crippen LogP contribution is 2.19. The molecule has 0 fully saturated rings. The molecule has 0 aliphatic heterocycles. The van der Waals surface area contributed by atoms with Crippen molar-refractivity contribution in [1.82, 2.24) is 0 Å². The molecule has 1 aromatic heterocycles. The Hall–Kier alpha value is -2.64. The normalized spacial score (nSPS) is 10.2. The van der Waals surface area contributed by atoms with Crippen molar-refractivity contribution in [2.24, 2.45) is 0 Å². The average molecular weight is 431 g/mol. The second kappa shape index (κ2) is 8.64. The van der Waals surface area contributed by atoms with Crippen molar-refractivity contribution >= 4 is 50.5 Å². The Balaban J connectivity index is 1.54. The highest BCUT2D eigenvalue weighted by atomic mass is 79.9. The molecule has 0 aliphatic carbocycles. The molecule has 3 rings (SSSR count). The van der Waals surface area contributed by atoms with Gasteiger partial charge in [-0.3, -0.25) is 9.59 Å². The van der Waals surface area contributed by atoms with E-state index in [1.54, 1.807) is 42.5 Å². The van der Waals surface area contributed by atoms with Crippen LogP contribution in [0.4, 0.5) is 11.4 Å². The van der Waals surface area contributed by atoms with Crippen molar-refractivity contribution in [3.8, 4) is 5.75 Å². The Kier molecular flexibility index (Phi) is 6.04. The van der Waals surface area contributed by atoms with E-state index in [4.69, 9.17) is 4.74 Å². The first-order valence-electron chi connectivity index (χ1n) is 7.73. The summed E-state index contributed by atoms with van der Waals surface area (Å²) in [6.07, 6.45) is 0. The van der Waals surface area contributed by atoms with Gasteiger partial charge >= 0.3 is 0 Å². The van der Waals surface area contributed by atoms with E-state index in [9.17, 15) is 9.59 Å². The number of rotatable bonds is 6. The number of hydrogen-bond donors (Lipinski definition) is 2. The number of carbonyl (C=O) groups excluding carboxylic acids is 2. The zero-order valence-electron chi connectivity index (χ0n) is 13.6. The monoisotopic (exact) mass is 430 g/mol. The third kappa shape index (κ3) is 5.18. The third-order valence-electron chi connectivity index (χ3n) is 3.33. The van der Waals surface area contributed by atoms with Crippen LogP contribution in [-0.2, 0) is 4.79 Å². The highest BCUT2D eigenvalue weighted by Gasteiger charge is 2.08. The predicted octanol–water partition coefficient (Wildman–Crippen LogP) is 4.78. The minimum atomic E-state index is -0.264. The second-order valence-corrected chi connectivity index (χ2v) is 7.17. The molecule has 0 radical (unpaired) electrons. The third-order valence-corrected chi connectivity index (χ3v) is 4.73. The van der Waals surface area contributed by atoms with Crippen LogP contribution in [0.5, 0.6) is 5.75 Å². The fourth-order valence-corrected chi connectivity index (χ4v) is 3.03. The smallest absolute Gasteiger partial charge is 0.265 e. The van der Waals surface area contributed by atoms with Gasteiger partial charge in [0.25, 0.3) is 11.8 Å². The maximum Gasteiger partial charge on any atom is 0.265 e. The molecule has 2 aromatic carbocycles. The van der Waals surface area contributed by atoms with Gasteiger partial charge < -0.3 is 15.4 Å². The number of ether oxygens (including phenoxy) is 1. The molecule has 0 aliphatic rings. The van der Waals surface area contributed by atoms with Gasteiger partial charge in [0.15, 0.2) is 6.61 Å². The summed E-state index contributed by atoms with van der Waals surface area (Å²) in [4.78, 5) is 24.7. The fraction of sp³-hybridized carbons (Fsp3) is 0.0526. The number of halogens is 1. The maximum atomic E-state index is 12.1. The minimum absolute atomic E-state index is 0.127. The lowest BCUT2D eigenvalue weighted by Crippen LogP contribution is -2.20. The van der Waals surface area contributed by atoms with Gasteiger partial charge in [0, 0.05) is 21.9 Å². The van der Waals surface area contributed by atoms with Crippen LogP contribution in [0, 0.1) is 0 Å². The number of amides is 2. The van der Waals surface area contributed by atoms with Crippen LogP contribution in [0.15, 0.2) is 70.5 Å². The summed E-state index contributed by atoms with van der Waals surface area (Å²) < 4.78 is 6.44. The molecule has 0 saturated heterocycles. The quantitative estimate of drug-likeness (QED) is 0.590. The summed E-state index contributed by atoms with van der Waals surface area (Å²) in [5.41, 5.74) is 1.30. The number of hydrogen-bond acceptors (Lipinski definition) is 4. The Bertz CT molecular complexity index is 895. The molecule has 2 N–H and O–H groups in total. The van der Waals surface area contributed by atoms with Crippen molar-refractivity contribution in [3.63, 3.8) is 0 Å². The molecule has 0 bridgehead atoms. The van der Waals surface area contributed by atoms with Crippen molar-refractivity contribution in [2.45, 2.75) is 0 Å². The fourth-order valence-electron chi connectivity index (χ4n) is 2.14. The maximum absolute atomic E-state index is 12.1. The van der Waals surface area contributed by atoms with E-state index in [2.05, 4.69) is 26.6 Å². The van der Waals surface area contributed by atoms with Crippen molar-refractivity contribution in [1.29, 1.82) is 0 Å². The Labute approximate surface area is 163 Å². The molecule has 7 heteroatoms. The van der Waals surface area contributed by atoms with E-state index in [1.165, 1.54) is 11.3 Å². The van der Waals surface area contributed by atoms with Gasteiger partial charge in [-0.25, -0.2) is 0 Å². The van der Waals surface area contributed by atoms with E-state index in [0.717, 1.165) is 4.47 Å². The lowest BCUT2D eigenvalue weighted by Gasteiger charge is -2.09. The molecule has 132 valence electrons. The SMILES string of the molecule is O=C(COc1cccc(NC(=O)c2cccs2)c1)Nc1ccc(Br)cc1. The van der Waals surface area contributed by atoms with E-state index >= 15 is 0 Å². The minimum Gasteiger partial charge on any atom is -0.484 e. The first-order valence-corrected chi connectivity index (χ1v) is 9.40. The Morgan fingerprint density at radius 2 is 1.77 bits per heavy atom. The van der Waals surface area contributed by atoms with Crippen LogP contribution < -0.4 is 15.4 Å². The summed E-state index contributed by atoms with van der Waals surface area (Å²) in [7, 11) is 0. The molecule has 0 unspecified atom stereocenters. The van der Waals surface area contributed by atoms with Crippen LogP contribution in [-0.4, -0.2) is 18.4 Å². The van der Waals surface area contributed by atoms with Gasteiger partial charge in [0.2, 0.25) is 0 Å². The molecule has 5 nitrogen and oxygen atoms in total. The number of nitrogens with one attached hydrogen (secondary N) is 2. The van der Waals surface area contributed by atoms with Crippen LogP contribution in [0.1, 0.15) is 9.67 Å². The van der Waals surface area contributed by atoms with Crippen LogP contribution in [0.25, 0.3) is 0 Å². The molecule has 2 amide bonds. The number of benzene rings is 2. The van der Waals surface area contributed by atoms with E-state index in [-0.39, 0.29) is 18.4 Å². The van der Waals surface area contributed by atoms with Crippen molar-refractivity contribution < 1.29 is 14.3 Å². The van der Waals surface area contributed by atoms with Gasteiger partial charge in [-0.15, -0.1) is 11.3 Å². The van der Waals surface area contributed by atoms with Crippen LogP contribution >= 0.6 is 27.3 Å². The molecule has 0 atom stereocenters. The molecular weight excluding hydrogens is 416 g/mol. The van der Waals surface area contributed by atoms with Gasteiger partial charge in [-0.2, -0.15) is 0 Å². The topological polar surface area (TPSA) is 67.4 Å². The van der Waals surface area contributed by atoms with E-state index in [0.29, 0.717) is 22.0 Å².